The molecule has 0 amide bonds. The van der Waals surface area contributed by atoms with Crippen molar-refractivity contribution < 1.29 is 17.2 Å². The molecular formula is C18H37NO4S+. The van der Waals surface area contributed by atoms with Gasteiger partial charge in [-0.2, -0.15) is 5.90 Å². The van der Waals surface area contributed by atoms with Crippen molar-refractivity contribution >= 4 is 10.8 Å². The Balaban J connectivity index is 3.17. The van der Waals surface area contributed by atoms with Gasteiger partial charge in [0.05, 0.1) is 0 Å². The molecule has 0 aliphatic rings. The first-order chi connectivity index (χ1) is 11.6. The molecule has 1 atom stereocenters. The summed E-state index contributed by atoms with van der Waals surface area (Å²) in [6, 6.07) is 0. The number of hydrogen-bond acceptors (Lipinski definition) is 4. The van der Waals surface area contributed by atoms with Crippen LogP contribution < -0.4 is 5.90 Å². The molecule has 0 fully saturated rings. The molecule has 0 saturated heterocycles. The maximum absolute atomic E-state index is 10.8. The molecular weight excluding hydrogens is 326 g/mol. The van der Waals surface area contributed by atoms with Crippen LogP contribution in [0, 0.1) is 0 Å². The predicted molar refractivity (Wildman–Crippen MR) is 99.4 cm³/mol. The highest BCUT2D eigenvalue weighted by Gasteiger charge is 2.31. The van der Waals surface area contributed by atoms with Gasteiger partial charge in [0.25, 0.3) is 0 Å². The van der Waals surface area contributed by atoms with Gasteiger partial charge >= 0.3 is 10.8 Å². The second kappa shape index (κ2) is 17.5. The monoisotopic (exact) mass is 363 g/mol. The van der Waals surface area contributed by atoms with E-state index in [2.05, 4.69) is 33.4 Å². The Labute approximate surface area is 150 Å². The normalized spacial score (nSPS) is 14.3. The summed E-state index contributed by atoms with van der Waals surface area (Å²) >= 11 is 0. The molecule has 5 nitrogen and oxygen atoms in total. The number of allylic oxidation sites excluding steroid dienone is 2. The zero-order valence-electron chi connectivity index (χ0n) is 15.4. The lowest BCUT2D eigenvalue weighted by atomic mass is 10.1. The van der Waals surface area contributed by atoms with Crippen molar-refractivity contribution in [3.8, 4) is 0 Å². The van der Waals surface area contributed by atoms with Crippen LogP contribution in [0.2, 0.25) is 0 Å². The lowest BCUT2D eigenvalue weighted by molar-refractivity contribution is 0.152. The van der Waals surface area contributed by atoms with Crippen LogP contribution >= 0.6 is 0 Å². The fourth-order valence-corrected chi connectivity index (χ4v) is 2.92. The van der Waals surface area contributed by atoms with Crippen molar-refractivity contribution in [1.82, 2.24) is 0 Å². The van der Waals surface area contributed by atoms with E-state index in [1.807, 2.05) is 0 Å². The van der Waals surface area contributed by atoms with Crippen LogP contribution in [0.5, 0.6) is 0 Å². The van der Waals surface area contributed by atoms with Gasteiger partial charge in [-0.1, -0.05) is 76.9 Å². The molecule has 0 aromatic rings. The predicted octanol–water partition coefficient (Wildman–Crippen LogP) is 5.61. The van der Waals surface area contributed by atoms with Crippen LogP contribution in [0.3, 0.4) is 0 Å². The van der Waals surface area contributed by atoms with Crippen molar-refractivity contribution in [2.24, 2.45) is 5.90 Å². The van der Waals surface area contributed by atoms with Crippen LogP contribution in [0.25, 0.3) is 0 Å². The smallest absolute Gasteiger partial charge is 0.158 e. The van der Waals surface area contributed by atoms with E-state index in [9.17, 15) is 8.76 Å². The molecule has 0 spiro atoms. The van der Waals surface area contributed by atoms with Gasteiger partial charge in [-0.3, -0.25) is 0 Å². The van der Waals surface area contributed by atoms with Crippen LogP contribution in [0.4, 0.5) is 0 Å². The Morgan fingerprint density at radius 1 is 0.792 bits per heavy atom. The third-order valence-electron chi connectivity index (χ3n) is 4.00. The lowest BCUT2D eigenvalue weighted by Gasteiger charge is -2.00. The highest BCUT2D eigenvalue weighted by atomic mass is 32.3. The minimum Gasteiger partial charge on any atom is -0.158 e. The molecule has 0 aromatic carbocycles. The Morgan fingerprint density at radius 2 is 1.25 bits per heavy atom. The minimum absolute atomic E-state index is 0.140. The molecule has 0 heterocycles. The summed E-state index contributed by atoms with van der Waals surface area (Å²) in [6.45, 7) is 2.39. The highest BCUT2D eigenvalue weighted by molar-refractivity contribution is 7.88. The third-order valence-corrected chi connectivity index (χ3v) is 4.69. The van der Waals surface area contributed by atoms with E-state index < -0.39 is 10.8 Å². The summed E-state index contributed by atoms with van der Waals surface area (Å²) in [6.07, 6.45) is 21.6. The van der Waals surface area contributed by atoms with Gasteiger partial charge in [0, 0.05) is 4.21 Å². The van der Waals surface area contributed by atoms with Gasteiger partial charge in [-0.15, -0.1) is 4.18 Å². The van der Waals surface area contributed by atoms with Gasteiger partial charge in [0.2, 0.25) is 0 Å². The Hall–Kier alpha value is -0.270. The summed E-state index contributed by atoms with van der Waals surface area (Å²) in [5.74, 6) is 4.56. The molecule has 1 unspecified atom stereocenters. The van der Waals surface area contributed by atoms with E-state index in [0.29, 0.717) is 6.42 Å². The highest BCUT2D eigenvalue weighted by Crippen LogP contribution is 2.11. The molecule has 0 aliphatic heterocycles. The van der Waals surface area contributed by atoms with Crippen LogP contribution in [0.1, 0.15) is 96.8 Å². The van der Waals surface area contributed by atoms with Gasteiger partial charge in [0.15, 0.2) is 0 Å². The summed E-state index contributed by atoms with van der Waals surface area (Å²) < 4.78 is 29.8. The van der Waals surface area contributed by atoms with Gasteiger partial charge < -0.3 is 0 Å². The second-order valence-corrected chi connectivity index (χ2v) is 7.51. The fourth-order valence-electron chi connectivity index (χ4n) is 2.54. The molecule has 143 valence electrons. The second-order valence-electron chi connectivity index (χ2n) is 6.26. The Kier molecular flexibility index (Phi) is 17.4. The van der Waals surface area contributed by atoms with Crippen molar-refractivity contribution in [2.75, 3.05) is 6.61 Å². The molecule has 24 heavy (non-hydrogen) atoms. The minimum atomic E-state index is -3.97. The standard InChI is InChI=1S/C18H37NO4S/c1-2-3-4-5-6-7-8-9-10-11-12-13-14-15-16-17-18-22-24(20,21)23-19/h9-10H,2-8,11-19H2,1H3/q+1/b10-9-. The zero-order valence-corrected chi connectivity index (χ0v) is 16.2. The van der Waals surface area contributed by atoms with E-state index in [0.717, 1.165) is 12.8 Å². The largest absolute Gasteiger partial charge is 0.564 e. The maximum atomic E-state index is 10.8. The van der Waals surface area contributed by atoms with E-state index >= 15 is 0 Å². The molecule has 0 aliphatic carbocycles. The van der Waals surface area contributed by atoms with Crippen molar-refractivity contribution in [2.45, 2.75) is 96.8 Å². The van der Waals surface area contributed by atoms with E-state index in [-0.39, 0.29) is 6.61 Å². The van der Waals surface area contributed by atoms with Crippen molar-refractivity contribution in [3.63, 3.8) is 0 Å². The van der Waals surface area contributed by atoms with Gasteiger partial charge in [-0.25, -0.2) is 0 Å². The molecule has 0 saturated carbocycles. The average molecular weight is 364 g/mol. The lowest BCUT2D eigenvalue weighted by Crippen LogP contribution is -2.20. The number of nitrogens with two attached hydrogens (primary N) is 1. The van der Waals surface area contributed by atoms with Crippen LogP contribution in [0.15, 0.2) is 12.2 Å². The first-order valence-electron chi connectivity index (χ1n) is 9.55. The maximum Gasteiger partial charge on any atom is 0.564 e. The first-order valence-corrected chi connectivity index (χ1v) is 10.9. The Morgan fingerprint density at radius 3 is 1.75 bits per heavy atom. The summed E-state index contributed by atoms with van der Waals surface area (Å²) in [5.41, 5.74) is 0. The summed E-state index contributed by atoms with van der Waals surface area (Å²) in [5, 5.41) is 0. The van der Waals surface area contributed by atoms with E-state index in [1.165, 1.54) is 70.6 Å². The zero-order chi connectivity index (χ0) is 17.9. The van der Waals surface area contributed by atoms with Crippen LogP contribution in [-0.4, -0.2) is 6.61 Å². The molecule has 1 radical (unpaired) electrons. The number of unbranched alkanes of at least 4 members (excludes halogenated alkanes) is 12. The average Bonchev–Trinajstić information content (AvgIpc) is 2.57. The molecule has 2 N–H and O–H groups in total. The van der Waals surface area contributed by atoms with Gasteiger partial charge in [0.1, 0.15) is 11.2 Å². The third kappa shape index (κ3) is 18.1. The molecule has 0 bridgehead atoms. The number of hydrogen-bond donors (Lipinski definition) is 1. The molecule has 0 aromatic heterocycles. The summed E-state index contributed by atoms with van der Waals surface area (Å²) in [7, 11) is -3.97. The SMILES string of the molecule is CCCCCCCC/C=C\CCCCCCCCO[S+]([O])(=O)ON. The quantitative estimate of drug-likeness (QED) is 0.149. The first kappa shape index (κ1) is 23.7. The summed E-state index contributed by atoms with van der Waals surface area (Å²) in [4.78, 5) is 0. The van der Waals surface area contributed by atoms with Crippen LogP contribution in [-0.2, 0) is 28.0 Å². The van der Waals surface area contributed by atoms with E-state index in [1.54, 1.807) is 0 Å². The number of rotatable bonds is 18. The Bertz CT molecular complexity index is 337. The van der Waals surface area contributed by atoms with Crippen molar-refractivity contribution in [3.05, 3.63) is 12.2 Å². The molecule has 6 heteroatoms. The molecule has 0 rings (SSSR count). The van der Waals surface area contributed by atoms with Crippen molar-refractivity contribution in [1.29, 1.82) is 0 Å². The fraction of sp³-hybridized carbons (Fsp3) is 0.889. The van der Waals surface area contributed by atoms with Gasteiger partial charge in [-0.05, 0) is 36.4 Å². The topological polar surface area (TPSA) is 81.5 Å². The van der Waals surface area contributed by atoms with E-state index in [4.69, 9.17) is 0 Å².